The van der Waals surface area contributed by atoms with E-state index in [0.29, 0.717) is 6.42 Å². The van der Waals surface area contributed by atoms with Crippen LogP contribution in [0.2, 0.25) is 0 Å². The van der Waals surface area contributed by atoms with Crippen molar-refractivity contribution in [1.29, 1.82) is 0 Å². The van der Waals surface area contributed by atoms with Gasteiger partial charge in [-0.1, -0.05) is 54.6 Å². The predicted octanol–water partition coefficient (Wildman–Crippen LogP) is 4.78. The van der Waals surface area contributed by atoms with Gasteiger partial charge < -0.3 is 9.47 Å². The third-order valence-corrected chi connectivity index (χ3v) is 5.95. The van der Waals surface area contributed by atoms with E-state index >= 15 is 0 Å². The van der Waals surface area contributed by atoms with Crippen molar-refractivity contribution in [2.45, 2.75) is 12.5 Å². The fourth-order valence-electron chi connectivity index (χ4n) is 4.12. The van der Waals surface area contributed by atoms with Crippen molar-refractivity contribution in [3.63, 3.8) is 0 Å². The van der Waals surface area contributed by atoms with Crippen LogP contribution >= 0.6 is 0 Å². The number of fused-ring (bicyclic) bond motifs is 1. The molecule has 2 heterocycles. The van der Waals surface area contributed by atoms with Crippen LogP contribution in [-0.4, -0.2) is 41.3 Å². The van der Waals surface area contributed by atoms with E-state index in [0.717, 1.165) is 33.4 Å². The standard InChI is InChI=1S/C28H23N3O4/c1-34-23-13-11-20(12-14-23)26-17-25(22-10-9-19-6-2-3-7-21(19)16-22)30-31(26)27(32)18-35-28(33)24-8-4-5-15-29-24/h2-16,26H,17-18H2,1H3. The van der Waals surface area contributed by atoms with E-state index in [4.69, 9.17) is 9.47 Å². The third kappa shape index (κ3) is 4.75. The molecule has 0 radical (unpaired) electrons. The van der Waals surface area contributed by atoms with Crippen molar-refractivity contribution in [2.75, 3.05) is 13.7 Å². The summed E-state index contributed by atoms with van der Waals surface area (Å²) < 4.78 is 10.5. The summed E-state index contributed by atoms with van der Waals surface area (Å²) in [5, 5.41) is 8.33. The molecule has 0 saturated heterocycles. The number of hydrogen-bond donors (Lipinski definition) is 0. The normalized spacial score (nSPS) is 15.1. The summed E-state index contributed by atoms with van der Waals surface area (Å²) in [5.41, 5.74) is 2.80. The highest BCUT2D eigenvalue weighted by Gasteiger charge is 2.33. The molecule has 174 valence electrons. The van der Waals surface area contributed by atoms with Gasteiger partial charge in [0.1, 0.15) is 11.4 Å². The molecule has 5 rings (SSSR count). The van der Waals surface area contributed by atoms with Gasteiger partial charge in [-0.05, 0) is 52.2 Å². The molecule has 1 atom stereocenters. The maximum atomic E-state index is 13.2. The molecular weight excluding hydrogens is 442 g/mol. The number of nitrogens with zero attached hydrogens (tertiary/aromatic N) is 3. The van der Waals surface area contributed by atoms with Crippen molar-refractivity contribution in [3.8, 4) is 5.75 Å². The fraction of sp³-hybridized carbons (Fsp3) is 0.143. The molecule has 0 aliphatic carbocycles. The number of amides is 1. The molecule has 0 bridgehead atoms. The number of ether oxygens (including phenoxy) is 2. The molecule has 0 spiro atoms. The summed E-state index contributed by atoms with van der Waals surface area (Å²) in [4.78, 5) is 29.4. The minimum atomic E-state index is -0.655. The Balaban J connectivity index is 1.41. The largest absolute Gasteiger partial charge is 0.497 e. The quantitative estimate of drug-likeness (QED) is 0.383. The highest BCUT2D eigenvalue weighted by atomic mass is 16.5. The summed E-state index contributed by atoms with van der Waals surface area (Å²) >= 11 is 0. The summed E-state index contributed by atoms with van der Waals surface area (Å²) in [5.74, 6) is -0.339. The zero-order chi connectivity index (χ0) is 24.2. The molecule has 4 aromatic rings. The Morgan fingerprint density at radius 2 is 1.71 bits per heavy atom. The first-order chi connectivity index (χ1) is 17.1. The second kappa shape index (κ2) is 9.77. The number of hydrogen-bond acceptors (Lipinski definition) is 6. The lowest BCUT2D eigenvalue weighted by Gasteiger charge is -2.22. The average Bonchev–Trinajstić information content (AvgIpc) is 3.37. The summed E-state index contributed by atoms with van der Waals surface area (Å²) in [6, 6.07) is 26.4. The monoisotopic (exact) mass is 465 g/mol. The van der Waals surface area contributed by atoms with Crippen molar-refractivity contribution < 1.29 is 19.1 Å². The highest BCUT2D eigenvalue weighted by Crippen LogP contribution is 2.34. The van der Waals surface area contributed by atoms with Gasteiger partial charge in [0.2, 0.25) is 0 Å². The molecule has 1 aromatic heterocycles. The Morgan fingerprint density at radius 3 is 2.46 bits per heavy atom. The van der Waals surface area contributed by atoms with Gasteiger partial charge in [0.25, 0.3) is 5.91 Å². The lowest BCUT2D eigenvalue weighted by molar-refractivity contribution is -0.136. The van der Waals surface area contributed by atoms with Gasteiger partial charge in [-0.25, -0.2) is 14.8 Å². The smallest absolute Gasteiger partial charge is 0.357 e. The number of carbonyl (C=O) groups excluding carboxylic acids is 2. The summed E-state index contributed by atoms with van der Waals surface area (Å²) in [6.45, 7) is -0.434. The zero-order valence-electron chi connectivity index (χ0n) is 19.1. The number of rotatable bonds is 6. The van der Waals surface area contributed by atoms with E-state index in [9.17, 15) is 9.59 Å². The van der Waals surface area contributed by atoms with Crippen LogP contribution in [-0.2, 0) is 9.53 Å². The molecule has 35 heavy (non-hydrogen) atoms. The molecule has 0 saturated carbocycles. The second-order valence-electron chi connectivity index (χ2n) is 8.13. The van der Waals surface area contributed by atoms with Crippen LogP contribution in [0, 0.1) is 0 Å². The van der Waals surface area contributed by atoms with Gasteiger partial charge in [-0.2, -0.15) is 5.10 Å². The van der Waals surface area contributed by atoms with E-state index in [-0.39, 0.29) is 11.7 Å². The number of carbonyl (C=O) groups is 2. The fourth-order valence-corrected chi connectivity index (χ4v) is 4.12. The molecule has 0 N–H and O–H groups in total. The minimum Gasteiger partial charge on any atom is -0.497 e. The van der Waals surface area contributed by atoms with Crippen molar-refractivity contribution in [3.05, 3.63) is 108 Å². The highest BCUT2D eigenvalue weighted by molar-refractivity contribution is 6.05. The second-order valence-corrected chi connectivity index (χ2v) is 8.13. The Kier molecular flexibility index (Phi) is 6.22. The number of hydrazone groups is 1. The molecule has 7 heteroatoms. The lowest BCUT2D eigenvalue weighted by atomic mass is 9.97. The predicted molar refractivity (Wildman–Crippen MR) is 132 cm³/mol. The van der Waals surface area contributed by atoms with E-state index < -0.39 is 18.5 Å². The Labute approximate surface area is 202 Å². The van der Waals surface area contributed by atoms with E-state index in [1.165, 1.54) is 11.2 Å². The molecular formula is C28H23N3O4. The van der Waals surface area contributed by atoms with Crippen LogP contribution in [0.3, 0.4) is 0 Å². The van der Waals surface area contributed by atoms with Crippen LogP contribution < -0.4 is 4.74 Å². The maximum absolute atomic E-state index is 13.2. The number of benzene rings is 3. The van der Waals surface area contributed by atoms with Gasteiger partial charge in [0.05, 0.1) is 18.9 Å². The molecule has 3 aromatic carbocycles. The van der Waals surface area contributed by atoms with Gasteiger partial charge in [-0.3, -0.25) is 4.79 Å². The number of aromatic nitrogens is 1. The SMILES string of the molecule is COc1ccc(C2CC(c3ccc4ccccc4c3)=NN2C(=O)COC(=O)c2ccccn2)cc1. The molecule has 0 fully saturated rings. The Hall–Kier alpha value is -4.52. The van der Waals surface area contributed by atoms with Gasteiger partial charge in [0, 0.05) is 12.6 Å². The summed E-state index contributed by atoms with van der Waals surface area (Å²) in [6.07, 6.45) is 2.03. The molecule has 7 nitrogen and oxygen atoms in total. The van der Waals surface area contributed by atoms with Crippen LogP contribution in [0.15, 0.2) is 96.2 Å². The first kappa shape index (κ1) is 22.3. The molecule has 1 unspecified atom stereocenters. The minimum absolute atomic E-state index is 0.147. The average molecular weight is 466 g/mol. The number of methoxy groups -OCH3 is 1. The van der Waals surface area contributed by atoms with Crippen LogP contribution in [0.1, 0.15) is 34.1 Å². The lowest BCUT2D eigenvalue weighted by Crippen LogP contribution is -2.31. The van der Waals surface area contributed by atoms with Crippen molar-refractivity contribution in [1.82, 2.24) is 9.99 Å². The van der Waals surface area contributed by atoms with Gasteiger partial charge in [0.15, 0.2) is 6.61 Å². The third-order valence-electron chi connectivity index (χ3n) is 5.95. The Morgan fingerprint density at radius 1 is 0.943 bits per heavy atom. The topological polar surface area (TPSA) is 81.1 Å². The van der Waals surface area contributed by atoms with Crippen LogP contribution in [0.25, 0.3) is 10.8 Å². The number of pyridine rings is 1. The van der Waals surface area contributed by atoms with Gasteiger partial charge >= 0.3 is 5.97 Å². The molecule has 1 amide bonds. The molecule has 1 aliphatic heterocycles. The first-order valence-corrected chi connectivity index (χ1v) is 11.2. The van der Waals surface area contributed by atoms with Crippen LogP contribution in [0.5, 0.6) is 5.75 Å². The first-order valence-electron chi connectivity index (χ1n) is 11.2. The molecule has 1 aliphatic rings. The zero-order valence-corrected chi connectivity index (χ0v) is 19.1. The summed E-state index contributed by atoms with van der Waals surface area (Å²) in [7, 11) is 1.61. The van der Waals surface area contributed by atoms with Crippen molar-refractivity contribution >= 4 is 28.4 Å². The maximum Gasteiger partial charge on any atom is 0.357 e. The van der Waals surface area contributed by atoms with E-state index in [2.05, 4.69) is 34.4 Å². The van der Waals surface area contributed by atoms with E-state index in [1.54, 1.807) is 25.3 Å². The Bertz CT molecular complexity index is 1400. The van der Waals surface area contributed by atoms with Gasteiger partial charge in [-0.15, -0.1) is 0 Å². The van der Waals surface area contributed by atoms with E-state index in [1.807, 2.05) is 42.5 Å². The number of esters is 1. The van der Waals surface area contributed by atoms with Crippen molar-refractivity contribution in [2.24, 2.45) is 5.10 Å². The van der Waals surface area contributed by atoms with Crippen LogP contribution in [0.4, 0.5) is 0 Å².